The number of Topliss-reactive ketones (excluding diaryl/α,β-unsaturated/α-hetero) is 1. The molecule has 0 aliphatic heterocycles. The summed E-state index contributed by atoms with van der Waals surface area (Å²) >= 11 is 0. The van der Waals surface area contributed by atoms with Crippen molar-refractivity contribution in [1.29, 1.82) is 0 Å². The second kappa shape index (κ2) is 2.89. The first-order valence-corrected chi connectivity index (χ1v) is 3.28. The predicted octanol–water partition coefficient (Wildman–Crippen LogP) is 1.75. The molecule has 1 aromatic rings. The quantitative estimate of drug-likeness (QED) is 0.516. The topological polar surface area (TPSA) is 43.1 Å². The van der Waals surface area contributed by atoms with Gasteiger partial charge in [0.25, 0.3) is 0 Å². The Kier molecular flexibility index (Phi) is 2.08. The van der Waals surface area contributed by atoms with Gasteiger partial charge in [-0.3, -0.25) is 4.79 Å². The minimum Gasteiger partial charge on any atom is -0.396 e. The maximum absolute atomic E-state index is 12.8. The molecule has 2 N–H and O–H groups in total. The molecule has 0 aliphatic carbocycles. The zero-order valence-corrected chi connectivity index (χ0v) is 6.40. The number of hydrogen-bond donors (Lipinski definition) is 1. The summed E-state index contributed by atoms with van der Waals surface area (Å²) in [5.74, 6) is -2.86. The highest BCUT2D eigenvalue weighted by Crippen LogP contribution is 2.17. The first kappa shape index (κ1) is 8.64. The van der Waals surface area contributed by atoms with Crippen molar-refractivity contribution in [1.82, 2.24) is 0 Å². The number of benzene rings is 1. The van der Waals surface area contributed by atoms with Gasteiger partial charge in [-0.25, -0.2) is 8.78 Å². The second-order valence-electron chi connectivity index (χ2n) is 2.39. The standard InChI is InChI=1S/C8H7F2NO/c1-4(12)5-2-3-6(11)8(10)7(5)9/h2-3H,11H2,1H3. The van der Waals surface area contributed by atoms with Crippen LogP contribution >= 0.6 is 0 Å². The zero-order valence-electron chi connectivity index (χ0n) is 6.40. The van der Waals surface area contributed by atoms with Gasteiger partial charge in [0.05, 0.1) is 11.3 Å². The van der Waals surface area contributed by atoms with Gasteiger partial charge in [-0.2, -0.15) is 0 Å². The third kappa shape index (κ3) is 1.28. The first-order chi connectivity index (χ1) is 5.54. The van der Waals surface area contributed by atoms with Crippen LogP contribution in [-0.4, -0.2) is 5.78 Å². The van der Waals surface area contributed by atoms with Gasteiger partial charge in [-0.05, 0) is 19.1 Å². The highest BCUT2D eigenvalue weighted by molar-refractivity contribution is 5.94. The van der Waals surface area contributed by atoms with E-state index in [1.165, 1.54) is 0 Å². The molecule has 2 nitrogen and oxygen atoms in total. The summed E-state index contributed by atoms with van der Waals surface area (Å²) < 4.78 is 25.5. The molecule has 0 unspecified atom stereocenters. The van der Waals surface area contributed by atoms with Crippen LogP contribution in [-0.2, 0) is 0 Å². The molecule has 0 spiro atoms. The van der Waals surface area contributed by atoms with Crippen molar-refractivity contribution in [2.45, 2.75) is 6.92 Å². The molecular weight excluding hydrogens is 164 g/mol. The van der Waals surface area contributed by atoms with Gasteiger partial charge in [0.15, 0.2) is 17.4 Å². The monoisotopic (exact) mass is 171 g/mol. The number of nitrogen functional groups attached to an aromatic ring is 1. The Morgan fingerprint density at radius 3 is 2.42 bits per heavy atom. The van der Waals surface area contributed by atoms with Crippen LogP contribution in [0.2, 0.25) is 0 Å². The number of nitrogens with two attached hydrogens (primary N) is 1. The van der Waals surface area contributed by atoms with E-state index in [0.717, 1.165) is 19.1 Å². The summed E-state index contributed by atoms with van der Waals surface area (Å²) in [6.07, 6.45) is 0. The maximum atomic E-state index is 12.8. The van der Waals surface area contributed by atoms with Crippen LogP contribution in [0.1, 0.15) is 17.3 Å². The highest BCUT2D eigenvalue weighted by Gasteiger charge is 2.13. The molecule has 0 amide bonds. The van der Waals surface area contributed by atoms with Crippen molar-refractivity contribution in [3.63, 3.8) is 0 Å². The summed E-state index contributed by atoms with van der Waals surface area (Å²) in [4.78, 5) is 10.7. The van der Waals surface area contributed by atoms with Crippen LogP contribution in [0.5, 0.6) is 0 Å². The van der Waals surface area contributed by atoms with E-state index < -0.39 is 17.4 Å². The third-order valence-electron chi connectivity index (χ3n) is 1.49. The Morgan fingerprint density at radius 2 is 1.92 bits per heavy atom. The van der Waals surface area contributed by atoms with E-state index in [0.29, 0.717) is 0 Å². The molecule has 0 saturated carbocycles. The number of anilines is 1. The van der Waals surface area contributed by atoms with Crippen molar-refractivity contribution >= 4 is 11.5 Å². The lowest BCUT2D eigenvalue weighted by atomic mass is 10.1. The molecule has 0 fully saturated rings. The minimum absolute atomic E-state index is 0.276. The number of ketones is 1. The maximum Gasteiger partial charge on any atom is 0.182 e. The van der Waals surface area contributed by atoms with Crippen LogP contribution in [0.25, 0.3) is 0 Å². The van der Waals surface area contributed by atoms with Gasteiger partial charge < -0.3 is 5.73 Å². The molecular formula is C8H7F2NO. The van der Waals surface area contributed by atoms with E-state index in [1.807, 2.05) is 0 Å². The molecule has 1 rings (SSSR count). The van der Waals surface area contributed by atoms with Crippen molar-refractivity contribution < 1.29 is 13.6 Å². The van der Waals surface area contributed by atoms with Crippen LogP contribution in [0.4, 0.5) is 14.5 Å². The fourth-order valence-electron chi connectivity index (χ4n) is 0.836. The van der Waals surface area contributed by atoms with Crippen LogP contribution in [0.3, 0.4) is 0 Å². The van der Waals surface area contributed by atoms with Crippen molar-refractivity contribution in [3.8, 4) is 0 Å². The molecule has 0 bridgehead atoms. The molecule has 1 aromatic carbocycles. The lowest BCUT2D eigenvalue weighted by Crippen LogP contribution is -2.02. The van der Waals surface area contributed by atoms with Gasteiger partial charge in [-0.15, -0.1) is 0 Å². The van der Waals surface area contributed by atoms with E-state index in [9.17, 15) is 13.6 Å². The zero-order chi connectivity index (χ0) is 9.30. The Hall–Kier alpha value is -1.45. The van der Waals surface area contributed by atoms with Gasteiger partial charge in [-0.1, -0.05) is 0 Å². The Morgan fingerprint density at radius 1 is 1.33 bits per heavy atom. The lowest BCUT2D eigenvalue weighted by molar-refractivity contribution is 0.101. The molecule has 0 saturated heterocycles. The molecule has 0 aromatic heterocycles. The largest absolute Gasteiger partial charge is 0.396 e. The molecule has 12 heavy (non-hydrogen) atoms. The van der Waals surface area contributed by atoms with Gasteiger partial charge in [0.2, 0.25) is 0 Å². The van der Waals surface area contributed by atoms with Crippen molar-refractivity contribution in [2.24, 2.45) is 0 Å². The van der Waals surface area contributed by atoms with E-state index in [2.05, 4.69) is 0 Å². The number of hydrogen-bond acceptors (Lipinski definition) is 2. The molecule has 0 heterocycles. The average molecular weight is 171 g/mol. The first-order valence-electron chi connectivity index (χ1n) is 3.28. The molecule has 0 aliphatic rings. The second-order valence-corrected chi connectivity index (χ2v) is 2.39. The van der Waals surface area contributed by atoms with Gasteiger partial charge in [0, 0.05) is 0 Å². The molecule has 64 valence electrons. The summed E-state index contributed by atoms with van der Waals surface area (Å²) in [7, 11) is 0. The fourth-order valence-corrected chi connectivity index (χ4v) is 0.836. The summed E-state index contributed by atoms with van der Waals surface area (Å²) in [5.41, 5.74) is 4.49. The van der Waals surface area contributed by atoms with Crippen LogP contribution in [0, 0.1) is 11.6 Å². The predicted molar refractivity (Wildman–Crippen MR) is 40.8 cm³/mol. The highest BCUT2D eigenvalue weighted by atomic mass is 19.2. The van der Waals surface area contributed by atoms with Crippen LogP contribution < -0.4 is 5.73 Å². The SMILES string of the molecule is CC(=O)c1ccc(N)c(F)c1F. The summed E-state index contributed by atoms with van der Waals surface area (Å²) in [6.45, 7) is 1.16. The van der Waals surface area contributed by atoms with Crippen molar-refractivity contribution in [2.75, 3.05) is 5.73 Å². The molecule has 0 atom stereocenters. The number of carbonyl (C=O) groups excluding carboxylic acids is 1. The van der Waals surface area contributed by atoms with E-state index in [-0.39, 0.29) is 11.3 Å². The normalized spacial score (nSPS) is 9.92. The van der Waals surface area contributed by atoms with Gasteiger partial charge in [0.1, 0.15) is 0 Å². The van der Waals surface area contributed by atoms with E-state index in [4.69, 9.17) is 5.73 Å². The van der Waals surface area contributed by atoms with Gasteiger partial charge >= 0.3 is 0 Å². The number of carbonyl (C=O) groups is 1. The summed E-state index contributed by atoms with van der Waals surface area (Å²) in [6, 6.07) is 2.32. The Bertz CT molecular complexity index is 336. The third-order valence-corrected chi connectivity index (χ3v) is 1.49. The Labute approximate surface area is 68.0 Å². The van der Waals surface area contributed by atoms with Crippen LogP contribution in [0.15, 0.2) is 12.1 Å². The van der Waals surface area contributed by atoms with E-state index in [1.54, 1.807) is 0 Å². The smallest absolute Gasteiger partial charge is 0.182 e. The fraction of sp³-hybridized carbons (Fsp3) is 0.125. The number of rotatable bonds is 1. The lowest BCUT2D eigenvalue weighted by Gasteiger charge is -2.01. The minimum atomic E-state index is -1.18. The number of halogens is 2. The summed E-state index contributed by atoms with van der Waals surface area (Å²) in [5, 5.41) is 0. The molecule has 0 radical (unpaired) electrons. The van der Waals surface area contributed by atoms with E-state index >= 15 is 0 Å². The van der Waals surface area contributed by atoms with Crippen molar-refractivity contribution in [3.05, 3.63) is 29.3 Å². The average Bonchev–Trinajstić information content (AvgIpc) is 2.00. The Balaban J connectivity index is 3.36. The molecule has 4 heteroatoms.